The molecule has 0 radical (unpaired) electrons. The normalized spacial score (nSPS) is 10.1. The summed E-state index contributed by atoms with van der Waals surface area (Å²) in [5.74, 6) is -0.101. The minimum atomic E-state index is -0.702. The van der Waals surface area contributed by atoms with Crippen molar-refractivity contribution in [2.24, 2.45) is 0 Å². The van der Waals surface area contributed by atoms with E-state index in [9.17, 15) is 9.59 Å². The monoisotopic (exact) mass is 373 g/mol. The fraction of sp³-hybridized carbons (Fsp3) is 0.300. The Labute approximate surface area is 158 Å². The number of hydrogen-bond acceptors (Lipinski definition) is 6. The van der Waals surface area contributed by atoms with Gasteiger partial charge in [0.2, 0.25) is 0 Å². The van der Waals surface area contributed by atoms with Crippen molar-refractivity contribution < 1.29 is 28.5 Å². The Morgan fingerprint density at radius 1 is 0.926 bits per heavy atom. The van der Waals surface area contributed by atoms with Gasteiger partial charge in [-0.25, -0.2) is 4.79 Å². The number of ether oxygens (including phenoxy) is 4. The fourth-order valence-corrected chi connectivity index (χ4v) is 2.53. The van der Waals surface area contributed by atoms with Crippen LogP contribution in [0, 0.1) is 0 Å². The van der Waals surface area contributed by atoms with Gasteiger partial charge in [-0.2, -0.15) is 0 Å². The second-order valence-electron chi connectivity index (χ2n) is 5.54. The Hall–Kier alpha value is -3.22. The summed E-state index contributed by atoms with van der Waals surface area (Å²) < 4.78 is 20.7. The van der Waals surface area contributed by atoms with Gasteiger partial charge in [0.25, 0.3) is 5.91 Å². The van der Waals surface area contributed by atoms with E-state index in [0.29, 0.717) is 17.2 Å². The predicted octanol–water partition coefficient (Wildman–Crippen LogP) is 3.07. The zero-order chi connectivity index (χ0) is 19.8. The fourth-order valence-electron chi connectivity index (χ4n) is 2.53. The van der Waals surface area contributed by atoms with Crippen molar-refractivity contribution in [2.75, 3.05) is 33.3 Å². The number of methoxy groups -OCH3 is 3. The lowest BCUT2D eigenvalue weighted by Gasteiger charge is -2.14. The first kappa shape index (κ1) is 20.1. The van der Waals surface area contributed by atoms with Gasteiger partial charge in [0.05, 0.1) is 21.3 Å². The van der Waals surface area contributed by atoms with Gasteiger partial charge in [-0.05, 0) is 18.1 Å². The maximum atomic E-state index is 12.4. The minimum Gasteiger partial charge on any atom is -0.496 e. The summed E-state index contributed by atoms with van der Waals surface area (Å²) >= 11 is 0. The molecule has 0 aliphatic rings. The summed E-state index contributed by atoms with van der Waals surface area (Å²) in [6, 6.07) is 10.4. The van der Waals surface area contributed by atoms with Crippen molar-refractivity contribution in [3.8, 4) is 17.2 Å². The van der Waals surface area contributed by atoms with Gasteiger partial charge in [-0.3, -0.25) is 4.79 Å². The summed E-state index contributed by atoms with van der Waals surface area (Å²) in [6.45, 7) is 1.57. The van der Waals surface area contributed by atoms with Gasteiger partial charge in [0.1, 0.15) is 11.3 Å². The lowest BCUT2D eigenvalue weighted by atomic mass is 10.1. The van der Waals surface area contributed by atoms with Crippen LogP contribution >= 0.6 is 0 Å². The van der Waals surface area contributed by atoms with Gasteiger partial charge in [0.15, 0.2) is 18.1 Å². The topological polar surface area (TPSA) is 83.1 Å². The largest absolute Gasteiger partial charge is 0.496 e. The molecule has 0 unspecified atom stereocenters. The Morgan fingerprint density at radius 3 is 2.19 bits per heavy atom. The third-order valence-corrected chi connectivity index (χ3v) is 3.93. The molecule has 0 bridgehead atoms. The van der Waals surface area contributed by atoms with E-state index in [1.807, 2.05) is 25.1 Å². The number of rotatable bonds is 8. The summed E-state index contributed by atoms with van der Waals surface area (Å²) in [5.41, 5.74) is 1.83. The quantitative estimate of drug-likeness (QED) is 0.716. The Bertz CT molecular complexity index is 818. The molecule has 144 valence electrons. The molecule has 0 aliphatic heterocycles. The van der Waals surface area contributed by atoms with Crippen molar-refractivity contribution in [3.05, 3.63) is 47.5 Å². The van der Waals surface area contributed by atoms with Crippen molar-refractivity contribution in [1.82, 2.24) is 0 Å². The van der Waals surface area contributed by atoms with E-state index in [1.165, 1.54) is 33.5 Å². The maximum absolute atomic E-state index is 12.4. The first-order chi connectivity index (χ1) is 13.0. The molecule has 2 rings (SSSR count). The number of anilines is 1. The number of nitrogens with one attached hydrogen (secondary N) is 1. The molecule has 1 amide bonds. The molecular formula is C20H23NO6. The van der Waals surface area contributed by atoms with Crippen molar-refractivity contribution >= 4 is 17.6 Å². The molecule has 0 saturated carbocycles. The average molecular weight is 373 g/mol. The first-order valence-electron chi connectivity index (χ1n) is 8.38. The SMILES string of the molecule is CCc1ccccc1NC(=O)COC(=O)c1cc(OC)c(OC)cc1OC. The lowest BCUT2D eigenvalue weighted by Crippen LogP contribution is -2.21. The van der Waals surface area contributed by atoms with Gasteiger partial charge in [-0.1, -0.05) is 25.1 Å². The van der Waals surface area contributed by atoms with E-state index >= 15 is 0 Å². The van der Waals surface area contributed by atoms with Crippen molar-refractivity contribution in [3.63, 3.8) is 0 Å². The number of hydrogen-bond donors (Lipinski definition) is 1. The van der Waals surface area contributed by atoms with E-state index in [2.05, 4.69) is 5.32 Å². The van der Waals surface area contributed by atoms with Crippen molar-refractivity contribution in [1.29, 1.82) is 0 Å². The number of carbonyl (C=O) groups is 2. The number of carbonyl (C=O) groups excluding carboxylic acids is 2. The van der Waals surface area contributed by atoms with Crippen LogP contribution < -0.4 is 19.5 Å². The molecular weight excluding hydrogens is 350 g/mol. The first-order valence-corrected chi connectivity index (χ1v) is 8.38. The second-order valence-corrected chi connectivity index (χ2v) is 5.54. The molecule has 7 nitrogen and oxygen atoms in total. The molecule has 0 saturated heterocycles. The van der Waals surface area contributed by atoms with E-state index < -0.39 is 18.5 Å². The van der Waals surface area contributed by atoms with Gasteiger partial charge >= 0.3 is 5.97 Å². The second kappa shape index (κ2) is 9.47. The third-order valence-electron chi connectivity index (χ3n) is 3.93. The summed E-state index contributed by atoms with van der Waals surface area (Å²) in [6.07, 6.45) is 0.777. The molecule has 0 fully saturated rings. The predicted molar refractivity (Wildman–Crippen MR) is 101 cm³/mol. The van der Waals surface area contributed by atoms with E-state index in [4.69, 9.17) is 18.9 Å². The molecule has 0 aliphatic carbocycles. The van der Waals surface area contributed by atoms with Crippen LogP contribution in [0.1, 0.15) is 22.8 Å². The Balaban J connectivity index is 2.08. The smallest absolute Gasteiger partial charge is 0.342 e. The number of aryl methyl sites for hydroxylation is 1. The minimum absolute atomic E-state index is 0.136. The highest BCUT2D eigenvalue weighted by Crippen LogP contribution is 2.34. The van der Waals surface area contributed by atoms with Gasteiger partial charge in [-0.15, -0.1) is 0 Å². The molecule has 7 heteroatoms. The molecule has 2 aromatic rings. The van der Waals surface area contributed by atoms with E-state index in [0.717, 1.165) is 12.0 Å². The molecule has 0 heterocycles. The summed E-state index contributed by atoms with van der Waals surface area (Å²) in [4.78, 5) is 24.5. The molecule has 2 aromatic carbocycles. The van der Waals surface area contributed by atoms with Gasteiger partial charge in [0, 0.05) is 17.8 Å². The van der Waals surface area contributed by atoms with E-state index in [1.54, 1.807) is 6.07 Å². The molecule has 0 aromatic heterocycles. The number of amides is 1. The Kier molecular flexibility index (Phi) is 7.05. The standard InChI is InChI=1S/C20H23NO6/c1-5-13-8-6-7-9-15(13)21-19(22)12-27-20(23)14-10-17(25-3)18(26-4)11-16(14)24-2/h6-11H,5,12H2,1-4H3,(H,21,22). The molecule has 27 heavy (non-hydrogen) atoms. The number of benzene rings is 2. The average Bonchev–Trinajstić information content (AvgIpc) is 2.71. The molecule has 0 atom stereocenters. The number of para-hydroxylation sites is 1. The highest BCUT2D eigenvalue weighted by molar-refractivity contribution is 5.97. The third kappa shape index (κ3) is 4.91. The number of esters is 1. The summed E-state index contributed by atoms with van der Waals surface area (Å²) in [5, 5.41) is 2.75. The maximum Gasteiger partial charge on any atom is 0.342 e. The van der Waals surface area contributed by atoms with Crippen molar-refractivity contribution in [2.45, 2.75) is 13.3 Å². The molecule has 0 spiro atoms. The van der Waals surface area contributed by atoms with Gasteiger partial charge < -0.3 is 24.3 Å². The van der Waals surface area contributed by atoms with Crippen LogP contribution in [-0.2, 0) is 16.0 Å². The molecule has 1 N–H and O–H groups in total. The van der Waals surface area contributed by atoms with Crippen LogP contribution in [0.25, 0.3) is 0 Å². The van der Waals surface area contributed by atoms with Crippen LogP contribution in [-0.4, -0.2) is 39.8 Å². The highest BCUT2D eigenvalue weighted by Gasteiger charge is 2.20. The van der Waals surface area contributed by atoms with Crippen LogP contribution in [0.3, 0.4) is 0 Å². The summed E-state index contributed by atoms with van der Waals surface area (Å²) in [7, 11) is 4.36. The van der Waals surface area contributed by atoms with E-state index in [-0.39, 0.29) is 11.3 Å². The van der Waals surface area contributed by atoms with Crippen LogP contribution in [0.2, 0.25) is 0 Å². The van der Waals surface area contributed by atoms with Crippen LogP contribution in [0.15, 0.2) is 36.4 Å². The van der Waals surface area contributed by atoms with Crippen LogP contribution in [0.4, 0.5) is 5.69 Å². The highest BCUT2D eigenvalue weighted by atomic mass is 16.5. The lowest BCUT2D eigenvalue weighted by molar-refractivity contribution is -0.119. The van der Waals surface area contributed by atoms with Crippen LogP contribution in [0.5, 0.6) is 17.2 Å². The Morgan fingerprint density at radius 2 is 1.56 bits per heavy atom. The zero-order valence-electron chi connectivity index (χ0n) is 15.8. The zero-order valence-corrected chi connectivity index (χ0v) is 15.8.